The second kappa shape index (κ2) is 5.89. The Labute approximate surface area is 114 Å². The molecule has 0 aliphatic rings. The Morgan fingerprint density at radius 3 is 2.79 bits per heavy atom. The van der Waals surface area contributed by atoms with E-state index in [2.05, 4.69) is 35.4 Å². The molecule has 19 heavy (non-hydrogen) atoms. The van der Waals surface area contributed by atoms with E-state index >= 15 is 0 Å². The summed E-state index contributed by atoms with van der Waals surface area (Å²) in [5, 5.41) is 5.58. The number of pyridine rings is 1. The van der Waals surface area contributed by atoms with Crippen LogP contribution in [0.5, 0.6) is 0 Å². The first-order chi connectivity index (χ1) is 9.08. The average Bonchev–Trinajstić information content (AvgIpc) is 2.35. The molecule has 2 rings (SSSR count). The summed E-state index contributed by atoms with van der Waals surface area (Å²) >= 11 is 0. The van der Waals surface area contributed by atoms with Crippen molar-refractivity contribution in [3.63, 3.8) is 0 Å². The molecule has 1 aromatic heterocycles. The number of aryl methyl sites for hydroxylation is 1. The molecule has 0 bridgehead atoms. The molecule has 1 heterocycles. The first-order valence-corrected chi connectivity index (χ1v) is 6.62. The monoisotopic (exact) mass is 258 g/mol. The molecular formula is C15H22N4. The predicted octanol–water partition coefficient (Wildman–Crippen LogP) is 2.49. The van der Waals surface area contributed by atoms with Gasteiger partial charge in [0, 0.05) is 28.7 Å². The van der Waals surface area contributed by atoms with E-state index in [9.17, 15) is 0 Å². The van der Waals surface area contributed by atoms with E-state index < -0.39 is 0 Å². The van der Waals surface area contributed by atoms with Gasteiger partial charge in [0.2, 0.25) is 0 Å². The minimum Gasteiger partial charge on any atom is -0.398 e. The van der Waals surface area contributed by atoms with Crippen LogP contribution in [0.1, 0.15) is 12.1 Å². The number of anilines is 2. The van der Waals surface area contributed by atoms with Crippen LogP contribution < -0.4 is 11.1 Å². The quantitative estimate of drug-likeness (QED) is 0.639. The van der Waals surface area contributed by atoms with Gasteiger partial charge >= 0.3 is 0 Å². The normalized spacial score (nSPS) is 11.2. The number of nitrogens with two attached hydrogens (primary N) is 1. The van der Waals surface area contributed by atoms with Crippen molar-refractivity contribution in [1.82, 2.24) is 9.88 Å². The number of fused-ring (bicyclic) bond motifs is 1. The predicted molar refractivity (Wildman–Crippen MR) is 82.6 cm³/mol. The van der Waals surface area contributed by atoms with E-state index in [-0.39, 0.29) is 0 Å². The second-order valence-corrected chi connectivity index (χ2v) is 5.14. The first kappa shape index (κ1) is 13.6. The van der Waals surface area contributed by atoms with Crippen molar-refractivity contribution >= 4 is 22.3 Å². The summed E-state index contributed by atoms with van der Waals surface area (Å²) in [6, 6.07) is 8.00. The van der Waals surface area contributed by atoms with Gasteiger partial charge in [-0.25, -0.2) is 4.98 Å². The first-order valence-electron chi connectivity index (χ1n) is 6.62. The third kappa shape index (κ3) is 3.35. The Morgan fingerprint density at radius 1 is 1.26 bits per heavy atom. The Kier molecular flexibility index (Phi) is 4.22. The van der Waals surface area contributed by atoms with Crippen LogP contribution in [0.25, 0.3) is 10.8 Å². The van der Waals surface area contributed by atoms with Gasteiger partial charge in [0.05, 0.1) is 0 Å². The molecule has 2 aromatic rings. The fourth-order valence-electron chi connectivity index (χ4n) is 2.17. The van der Waals surface area contributed by atoms with Crippen LogP contribution in [-0.2, 0) is 0 Å². The topological polar surface area (TPSA) is 54.2 Å². The van der Waals surface area contributed by atoms with E-state index in [1.54, 1.807) is 0 Å². The van der Waals surface area contributed by atoms with E-state index in [0.29, 0.717) is 0 Å². The highest BCUT2D eigenvalue weighted by Gasteiger charge is 2.05. The van der Waals surface area contributed by atoms with E-state index in [4.69, 9.17) is 5.73 Å². The number of nitrogens with zero attached hydrogens (tertiary/aromatic N) is 2. The fraction of sp³-hybridized carbons (Fsp3) is 0.400. The fourth-order valence-corrected chi connectivity index (χ4v) is 2.17. The van der Waals surface area contributed by atoms with Crippen molar-refractivity contribution in [3.05, 3.63) is 30.0 Å². The minimum atomic E-state index is 0.805. The maximum absolute atomic E-state index is 6.03. The molecular weight excluding hydrogens is 236 g/mol. The lowest BCUT2D eigenvalue weighted by Gasteiger charge is -2.13. The van der Waals surface area contributed by atoms with Crippen LogP contribution in [0.4, 0.5) is 11.5 Å². The number of aromatic nitrogens is 1. The van der Waals surface area contributed by atoms with Crippen molar-refractivity contribution < 1.29 is 0 Å². The molecule has 0 atom stereocenters. The zero-order valence-electron chi connectivity index (χ0n) is 11.9. The molecule has 102 valence electrons. The third-order valence-electron chi connectivity index (χ3n) is 3.11. The Hall–Kier alpha value is -1.81. The highest BCUT2D eigenvalue weighted by Crippen LogP contribution is 2.26. The van der Waals surface area contributed by atoms with Crippen molar-refractivity contribution in [2.45, 2.75) is 13.3 Å². The maximum Gasteiger partial charge on any atom is 0.134 e. The molecule has 0 unspecified atom stereocenters. The zero-order valence-corrected chi connectivity index (χ0v) is 11.9. The standard InChI is InChI=1S/C15H22N4/c1-11-10-13-12(6-4-7-14(13)16)15(18-11)17-8-5-9-19(2)3/h4,6-7,10H,5,8-9,16H2,1-3H3,(H,17,18). The van der Waals surface area contributed by atoms with Crippen LogP contribution in [-0.4, -0.2) is 37.1 Å². The Bertz CT molecular complexity index is 563. The van der Waals surface area contributed by atoms with Crippen LogP contribution in [0.15, 0.2) is 24.3 Å². The summed E-state index contributed by atoms with van der Waals surface area (Å²) < 4.78 is 0. The molecule has 0 saturated carbocycles. The van der Waals surface area contributed by atoms with Gasteiger partial charge in [-0.2, -0.15) is 0 Å². The summed E-state index contributed by atoms with van der Waals surface area (Å²) in [4.78, 5) is 6.76. The molecule has 1 aromatic carbocycles. The smallest absolute Gasteiger partial charge is 0.134 e. The lowest BCUT2D eigenvalue weighted by Crippen LogP contribution is -2.16. The Balaban J connectivity index is 2.20. The molecule has 0 radical (unpaired) electrons. The van der Waals surface area contributed by atoms with Crippen LogP contribution in [0.2, 0.25) is 0 Å². The molecule has 4 heteroatoms. The number of hydrogen-bond acceptors (Lipinski definition) is 4. The van der Waals surface area contributed by atoms with E-state index in [1.165, 1.54) is 0 Å². The molecule has 0 aliphatic heterocycles. The molecule has 0 saturated heterocycles. The van der Waals surface area contributed by atoms with Crippen molar-refractivity contribution in [1.29, 1.82) is 0 Å². The summed E-state index contributed by atoms with van der Waals surface area (Å²) in [5.41, 5.74) is 7.82. The highest BCUT2D eigenvalue weighted by atomic mass is 15.1. The van der Waals surface area contributed by atoms with Crippen molar-refractivity contribution in [3.8, 4) is 0 Å². The second-order valence-electron chi connectivity index (χ2n) is 5.14. The van der Waals surface area contributed by atoms with Crippen molar-refractivity contribution in [2.24, 2.45) is 0 Å². The van der Waals surface area contributed by atoms with Gasteiger partial charge in [0.25, 0.3) is 0 Å². The molecule has 0 fully saturated rings. The zero-order chi connectivity index (χ0) is 13.8. The van der Waals surface area contributed by atoms with Gasteiger partial charge < -0.3 is 16.0 Å². The van der Waals surface area contributed by atoms with Gasteiger partial charge in [-0.3, -0.25) is 0 Å². The number of nitrogen functional groups attached to an aromatic ring is 1. The van der Waals surface area contributed by atoms with Gasteiger partial charge in [-0.05, 0) is 46.1 Å². The average molecular weight is 258 g/mol. The number of hydrogen-bond donors (Lipinski definition) is 2. The number of nitrogens with one attached hydrogen (secondary N) is 1. The summed E-state index contributed by atoms with van der Waals surface area (Å²) in [6.07, 6.45) is 1.09. The Morgan fingerprint density at radius 2 is 2.05 bits per heavy atom. The van der Waals surface area contributed by atoms with Crippen LogP contribution in [0.3, 0.4) is 0 Å². The minimum absolute atomic E-state index is 0.805. The van der Waals surface area contributed by atoms with E-state index in [1.807, 2.05) is 25.1 Å². The summed E-state index contributed by atoms with van der Waals surface area (Å²) in [6.45, 7) is 3.98. The number of rotatable bonds is 5. The van der Waals surface area contributed by atoms with Gasteiger partial charge in [0.1, 0.15) is 5.82 Å². The largest absolute Gasteiger partial charge is 0.398 e. The van der Waals surface area contributed by atoms with Crippen LogP contribution in [0, 0.1) is 6.92 Å². The summed E-state index contributed by atoms with van der Waals surface area (Å²) in [5.74, 6) is 0.932. The van der Waals surface area contributed by atoms with Crippen LogP contribution >= 0.6 is 0 Å². The lowest BCUT2D eigenvalue weighted by molar-refractivity contribution is 0.405. The van der Waals surface area contributed by atoms with Gasteiger partial charge in [-0.15, -0.1) is 0 Å². The molecule has 0 aliphatic carbocycles. The summed E-state index contributed by atoms with van der Waals surface area (Å²) in [7, 11) is 4.17. The molecule has 0 spiro atoms. The van der Waals surface area contributed by atoms with Crippen molar-refractivity contribution in [2.75, 3.05) is 38.2 Å². The maximum atomic E-state index is 6.03. The third-order valence-corrected chi connectivity index (χ3v) is 3.11. The van der Waals surface area contributed by atoms with Gasteiger partial charge in [0.15, 0.2) is 0 Å². The number of benzene rings is 1. The molecule has 4 nitrogen and oxygen atoms in total. The SMILES string of the molecule is Cc1cc2c(N)cccc2c(NCCCN(C)C)n1. The van der Waals surface area contributed by atoms with Gasteiger partial charge in [-0.1, -0.05) is 12.1 Å². The lowest BCUT2D eigenvalue weighted by atomic mass is 10.1. The molecule has 0 amide bonds. The van der Waals surface area contributed by atoms with E-state index in [0.717, 1.165) is 47.5 Å². The highest BCUT2D eigenvalue weighted by molar-refractivity contribution is 5.99. The molecule has 3 N–H and O–H groups in total.